The topological polar surface area (TPSA) is 42.0 Å². The molecule has 0 radical (unpaired) electrons. The van der Waals surface area contributed by atoms with Crippen molar-refractivity contribution >= 4 is 0 Å². The van der Waals surface area contributed by atoms with Crippen LogP contribution in [0.25, 0.3) is 0 Å². The fraction of sp³-hybridized carbons (Fsp3) is 0.625. The van der Waals surface area contributed by atoms with Crippen LogP contribution in [0.5, 0.6) is 5.75 Å². The van der Waals surface area contributed by atoms with Crippen molar-refractivity contribution in [2.75, 3.05) is 0 Å². The minimum absolute atomic E-state index is 0.0740. The molecular weight excluding hydrogens is 240 g/mol. The molecule has 3 unspecified atom stereocenters. The van der Waals surface area contributed by atoms with Crippen molar-refractivity contribution in [1.82, 2.24) is 0 Å². The van der Waals surface area contributed by atoms with E-state index in [0.29, 0.717) is 0 Å². The third kappa shape index (κ3) is 3.48. The van der Waals surface area contributed by atoms with Crippen LogP contribution in [-0.4, -0.2) is 23.6 Å². The quantitative estimate of drug-likeness (QED) is 0.801. The molecule has 3 nitrogen and oxygen atoms in total. The summed E-state index contributed by atoms with van der Waals surface area (Å²) in [6, 6.07) is 7.98. The van der Waals surface area contributed by atoms with Crippen LogP contribution in [0.3, 0.4) is 0 Å². The maximum atomic E-state index is 10.0. The maximum Gasteiger partial charge on any atom is 0.226 e. The summed E-state index contributed by atoms with van der Waals surface area (Å²) in [6.45, 7) is 2.00. The van der Waals surface area contributed by atoms with Crippen molar-refractivity contribution < 1.29 is 14.6 Å². The van der Waals surface area contributed by atoms with Crippen LogP contribution >= 0.6 is 0 Å². The molecule has 1 aromatic carbocycles. The summed E-state index contributed by atoms with van der Waals surface area (Å²) in [5.74, 6) is 1.60. The van der Waals surface area contributed by atoms with Crippen molar-refractivity contribution in [2.24, 2.45) is 5.92 Å². The highest BCUT2D eigenvalue weighted by atomic mass is 16.8. The summed E-state index contributed by atoms with van der Waals surface area (Å²) in [5.41, 5.74) is 1.17. The van der Waals surface area contributed by atoms with Crippen LogP contribution < -0.4 is 4.74 Å². The second kappa shape index (κ2) is 5.51. The Morgan fingerprint density at radius 2 is 2.00 bits per heavy atom. The lowest BCUT2D eigenvalue weighted by molar-refractivity contribution is 0.117. The number of ether oxygens (including phenoxy) is 2. The molecule has 1 heterocycles. The summed E-state index contributed by atoms with van der Waals surface area (Å²) < 4.78 is 10.8. The first-order valence-corrected chi connectivity index (χ1v) is 7.30. The standard InChI is InChI=1S/C16H22O3/c1-11-16(18-11)19-15-7-5-13(6-8-15)10-14(17)9-12-3-2-4-12/h5-8,11-12,14,16-17H,2-4,9-10H2,1H3. The average molecular weight is 262 g/mol. The highest BCUT2D eigenvalue weighted by molar-refractivity contribution is 5.28. The Balaban J connectivity index is 1.47. The van der Waals surface area contributed by atoms with Crippen molar-refractivity contribution in [3.05, 3.63) is 29.8 Å². The molecule has 0 aromatic heterocycles. The molecule has 2 aliphatic rings. The van der Waals surface area contributed by atoms with E-state index >= 15 is 0 Å². The minimum atomic E-state index is -0.205. The van der Waals surface area contributed by atoms with E-state index in [1.165, 1.54) is 24.8 Å². The number of benzene rings is 1. The molecular formula is C16H22O3. The van der Waals surface area contributed by atoms with Gasteiger partial charge in [0.1, 0.15) is 11.9 Å². The summed E-state index contributed by atoms with van der Waals surface area (Å²) >= 11 is 0. The molecule has 1 aliphatic heterocycles. The lowest BCUT2D eigenvalue weighted by Crippen LogP contribution is -2.20. The number of rotatable bonds is 6. The zero-order valence-corrected chi connectivity index (χ0v) is 11.4. The van der Waals surface area contributed by atoms with Gasteiger partial charge in [0, 0.05) is 0 Å². The largest absolute Gasteiger partial charge is 0.462 e. The van der Waals surface area contributed by atoms with Crippen molar-refractivity contribution in [3.63, 3.8) is 0 Å². The predicted octanol–water partition coefficient (Wildman–Crippen LogP) is 2.90. The number of aliphatic hydroxyl groups is 1. The molecule has 1 N–H and O–H groups in total. The summed E-state index contributed by atoms with van der Waals surface area (Å²) in [6.07, 6.45) is 5.55. The van der Waals surface area contributed by atoms with Gasteiger partial charge in [-0.25, -0.2) is 0 Å². The maximum absolute atomic E-state index is 10.0. The number of aliphatic hydroxyl groups excluding tert-OH is 1. The van der Waals surface area contributed by atoms with E-state index in [0.717, 1.165) is 24.5 Å². The Bertz CT molecular complexity index is 411. The Morgan fingerprint density at radius 1 is 1.32 bits per heavy atom. The van der Waals surface area contributed by atoms with Gasteiger partial charge in [-0.2, -0.15) is 0 Å². The van der Waals surface area contributed by atoms with E-state index in [4.69, 9.17) is 9.47 Å². The lowest BCUT2D eigenvalue weighted by Gasteiger charge is -2.27. The molecule has 104 valence electrons. The molecule has 1 saturated heterocycles. The van der Waals surface area contributed by atoms with Crippen LogP contribution in [0.4, 0.5) is 0 Å². The number of epoxide rings is 1. The monoisotopic (exact) mass is 262 g/mol. The molecule has 19 heavy (non-hydrogen) atoms. The van der Waals surface area contributed by atoms with Crippen molar-refractivity contribution in [1.29, 1.82) is 0 Å². The molecule has 1 aromatic rings. The first-order chi connectivity index (χ1) is 9.20. The van der Waals surface area contributed by atoms with Crippen LogP contribution in [0.15, 0.2) is 24.3 Å². The minimum Gasteiger partial charge on any atom is -0.462 e. The van der Waals surface area contributed by atoms with Gasteiger partial charge >= 0.3 is 0 Å². The van der Waals surface area contributed by atoms with Gasteiger partial charge in [-0.3, -0.25) is 0 Å². The molecule has 0 spiro atoms. The highest BCUT2D eigenvalue weighted by Gasteiger charge is 2.36. The third-order valence-electron chi connectivity index (χ3n) is 4.13. The van der Waals surface area contributed by atoms with E-state index in [-0.39, 0.29) is 18.5 Å². The second-order valence-corrected chi connectivity index (χ2v) is 5.86. The van der Waals surface area contributed by atoms with Crippen molar-refractivity contribution in [3.8, 4) is 5.75 Å². The Morgan fingerprint density at radius 3 is 2.53 bits per heavy atom. The number of hydrogen-bond donors (Lipinski definition) is 1. The second-order valence-electron chi connectivity index (χ2n) is 5.86. The predicted molar refractivity (Wildman–Crippen MR) is 73.1 cm³/mol. The zero-order chi connectivity index (χ0) is 13.2. The van der Waals surface area contributed by atoms with E-state index in [1.54, 1.807) is 0 Å². The zero-order valence-electron chi connectivity index (χ0n) is 11.4. The van der Waals surface area contributed by atoms with Gasteiger partial charge < -0.3 is 14.6 Å². The first-order valence-electron chi connectivity index (χ1n) is 7.30. The lowest BCUT2D eigenvalue weighted by atomic mass is 9.80. The van der Waals surface area contributed by atoms with Gasteiger partial charge in [0.15, 0.2) is 0 Å². The Hall–Kier alpha value is -1.06. The molecule has 1 saturated carbocycles. The molecule has 0 bridgehead atoms. The Labute approximate surface area is 114 Å². The Kier molecular flexibility index (Phi) is 3.76. The van der Waals surface area contributed by atoms with Gasteiger partial charge in [-0.05, 0) is 43.4 Å². The van der Waals surface area contributed by atoms with Crippen LogP contribution in [0.1, 0.15) is 38.2 Å². The fourth-order valence-corrected chi connectivity index (χ4v) is 2.60. The normalized spacial score (nSPS) is 27.7. The van der Waals surface area contributed by atoms with Crippen LogP contribution in [0, 0.1) is 5.92 Å². The molecule has 1 aliphatic carbocycles. The SMILES string of the molecule is CC1OC1Oc1ccc(CC(O)CC2CCC2)cc1. The van der Waals surface area contributed by atoms with Gasteiger partial charge in [0.05, 0.1) is 6.10 Å². The third-order valence-corrected chi connectivity index (χ3v) is 4.13. The molecule has 2 fully saturated rings. The molecule has 3 rings (SSSR count). The summed E-state index contributed by atoms with van der Waals surface area (Å²) in [5, 5.41) is 10.0. The fourth-order valence-electron chi connectivity index (χ4n) is 2.60. The summed E-state index contributed by atoms with van der Waals surface area (Å²) in [4.78, 5) is 0. The molecule has 3 atom stereocenters. The smallest absolute Gasteiger partial charge is 0.226 e. The first kappa shape index (κ1) is 12.9. The molecule has 0 amide bonds. The van der Waals surface area contributed by atoms with E-state index in [9.17, 15) is 5.11 Å². The van der Waals surface area contributed by atoms with Crippen LogP contribution in [-0.2, 0) is 11.2 Å². The van der Waals surface area contributed by atoms with Crippen molar-refractivity contribution in [2.45, 2.75) is 57.5 Å². The average Bonchev–Trinajstić information content (AvgIpc) is 3.02. The number of hydrogen-bond acceptors (Lipinski definition) is 3. The van der Waals surface area contributed by atoms with Gasteiger partial charge in [-0.15, -0.1) is 0 Å². The summed E-state index contributed by atoms with van der Waals surface area (Å²) in [7, 11) is 0. The van der Waals surface area contributed by atoms with Crippen LogP contribution in [0.2, 0.25) is 0 Å². The van der Waals surface area contributed by atoms with E-state index in [2.05, 4.69) is 0 Å². The van der Waals surface area contributed by atoms with Gasteiger partial charge in [-0.1, -0.05) is 31.4 Å². The highest BCUT2D eigenvalue weighted by Crippen LogP contribution is 2.31. The van der Waals surface area contributed by atoms with Gasteiger partial charge in [0.25, 0.3) is 0 Å². The van der Waals surface area contributed by atoms with E-state index < -0.39 is 0 Å². The molecule has 3 heteroatoms. The van der Waals surface area contributed by atoms with E-state index in [1.807, 2.05) is 31.2 Å². The van der Waals surface area contributed by atoms with Gasteiger partial charge in [0.2, 0.25) is 6.29 Å².